The van der Waals surface area contributed by atoms with Crippen molar-refractivity contribution in [3.63, 3.8) is 0 Å². The van der Waals surface area contributed by atoms with Crippen LogP contribution in [0.25, 0.3) is 56.0 Å². The molecule has 0 aliphatic carbocycles. The Hall–Kier alpha value is -7.59. The number of nitrogens with zero attached hydrogens (tertiary/aromatic N) is 5. The second-order valence-corrected chi connectivity index (χ2v) is 17.1. The van der Waals surface area contributed by atoms with Gasteiger partial charge in [0.1, 0.15) is 11.6 Å². The van der Waals surface area contributed by atoms with Crippen LogP contribution in [0.15, 0.2) is 73.2 Å². The number of H-pyrrole nitrogens is 3. The molecule has 346 valence electrons. The molecule has 16 heteroatoms. The highest BCUT2D eigenvalue weighted by Gasteiger charge is 2.28. The van der Waals surface area contributed by atoms with E-state index in [1.54, 1.807) is 12.5 Å². The summed E-state index contributed by atoms with van der Waals surface area (Å²) in [7, 11) is 0. The number of hydrogen-bond acceptors (Lipinski definition) is 10. The summed E-state index contributed by atoms with van der Waals surface area (Å²) in [5.74, 6) is -1.05. The van der Waals surface area contributed by atoms with Crippen molar-refractivity contribution >= 4 is 79.5 Å². The number of amides is 2. The lowest BCUT2D eigenvalue weighted by Gasteiger charge is -2.26. The van der Waals surface area contributed by atoms with Gasteiger partial charge in [-0.05, 0) is 167 Å². The minimum Gasteiger partial charge on any atom is -0.481 e. The molecule has 2 aliphatic heterocycles. The molecule has 0 unspecified atom stereocenters. The molecule has 2 aliphatic rings. The second kappa shape index (κ2) is 20.3. The number of hydroxylamine groups is 2. The third-order valence-electron chi connectivity index (χ3n) is 12.3. The van der Waals surface area contributed by atoms with Crippen molar-refractivity contribution in [2.24, 2.45) is 5.73 Å². The standard InChI is InChI=1S/C51H57N11O5/c1-6-62(67-37-12-10-33(11-13-37)26-53-36-23-47-50(54-27-36)56-28-55-47)51(66)40(9-7-8-18-52)61-48(63)16-14-38-32(5)44-24-42-30(3)20-34(58-42)21-41-29(2)19-35(57-41)22-43-31(4)39(15-17-49(64)65)46(59-43)25-45(38)60-44/h10-13,19-25,27-28,40,53,58-59H,6-9,14-18,26,52H2,1-5H3,(H,61,63)(H,64,65)(H,54,55,56)/t40-/m0/s1. The average molecular weight is 904 g/mol. The van der Waals surface area contributed by atoms with E-state index in [1.807, 2.05) is 95.3 Å². The minimum atomic E-state index is -0.888. The van der Waals surface area contributed by atoms with Crippen molar-refractivity contribution in [1.29, 1.82) is 0 Å². The molecule has 0 spiro atoms. The van der Waals surface area contributed by atoms with Gasteiger partial charge >= 0.3 is 5.97 Å². The maximum Gasteiger partial charge on any atom is 0.303 e. The zero-order valence-corrected chi connectivity index (χ0v) is 38.5. The number of unbranched alkanes of at least 4 members (excludes halogenated alkanes) is 1. The van der Waals surface area contributed by atoms with E-state index in [0.717, 1.165) is 95.0 Å². The van der Waals surface area contributed by atoms with E-state index in [-0.39, 0.29) is 31.2 Å². The third-order valence-corrected chi connectivity index (χ3v) is 12.3. The zero-order valence-electron chi connectivity index (χ0n) is 38.5. The summed E-state index contributed by atoms with van der Waals surface area (Å²) >= 11 is 0. The monoisotopic (exact) mass is 903 g/mol. The first-order valence-electron chi connectivity index (χ1n) is 22.8. The number of aromatic nitrogens is 7. The van der Waals surface area contributed by atoms with Crippen LogP contribution in [0.1, 0.15) is 104 Å². The molecule has 0 fully saturated rings. The van der Waals surface area contributed by atoms with E-state index in [4.69, 9.17) is 20.5 Å². The molecular weight excluding hydrogens is 847 g/mol. The molecule has 0 radical (unpaired) electrons. The maximum atomic E-state index is 14.1. The molecular formula is C51H57N11O5. The van der Waals surface area contributed by atoms with Crippen molar-refractivity contribution in [3.05, 3.63) is 118 Å². The molecule has 0 saturated heterocycles. The van der Waals surface area contributed by atoms with Gasteiger partial charge < -0.3 is 41.3 Å². The highest BCUT2D eigenvalue weighted by atomic mass is 16.7. The molecule has 1 aromatic carbocycles. The molecule has 7 heterocycles. The van der Waals surface area contributed by atoms with E-state index in [0.29, 0.717) is 56.6 Å². The van der Waals surface area contributed by atoms with Crippen LogP contribution in [-0.2, 0) is 27.3 Å². The van der Waals surface area contributed by atoms with Gasteiger partial charge in [0.05, 0.1) is 47.5 Å². The molecule has 2 amide bonds. The number of anilines is 1. The van der Waals surface area contributed by atoms with Crippen LogP contribution in [0.5, 0.6) is 5.75 Å². The van der Waals surface area contributed by atoms with Crippen LogP contribution in [0, 0.1) is 13.8 Å². The largest absolute Gasteiger partial charge is 0.481 e. The van der Waals surface area contributed by atoms with E-state index in [1.165, 1.54) is 5.06 Å². The molecule has 8 rings (SSSR count). The lowest BCUT2D eigenvalue weighted by molar-refractivity contribution is -0.160. The van der Waals surface area contributed by atoms with Gasteiger partial charge in [-0.25, -0.2) is 19.9 Å². The Morgan fingerprint density at radius 1 is 0.866 bits per heavy atom. The normalized spacial score (nSPS) is 12.8. The first-order chi connectivity index (χ1) is 32.3. The summed E-state index contributed by atoms with van der Waals surface area (Å²) in [5, 5.41) is 17.4. The summed E-state index contributed by atoms with van der Waals surface area (Å²) in [5.41, 5.74) is 21.3. The molecule has 8 bridgehead atoms. The summed E-state index contributed by atoms with van der Waals surface area (Å²) < 4.78 is 0. The lowest BCUT2D eigenvalue weighted by atomic mass is 10.00. The number of rotatable bonds is 18. The molecule has 6 aromatic rings. The number of carboxylic acid groups (broad SMARTS) is 1. The highest BCUT2D eigenvalue weighted by molar-refractivity contribution is 5.95. The Bertz CT molecular complexity index is 3070. The van der Waals surface area contributed by atoms with Gasteiger partial charge in [-0.1, -0.05) is 12.1 Å². The van der Waals surface area contributed by atoms with Crippen LogP contribution in [0.3, 0.4) is 0 Å². The number of hydrogen-bond donors (Lipinski definition) is 7. The van der Waals surface area contributed by atoms with Gasteiger partial charge in [0.15, 0.2) is 11.4 Å². The van der Waals surface area contributed by atoms with Gasteiger partial charge in [0.25, 0.3) is 5.91 Å². The average Bonchev–Trinajstić information content (AvgIpc) is 4.12. The molecule has 5 aromatic heterocycles. The Morgan fingerprint density at radius 3 is 2.45 bits per heavy atom. The second-order valence-electron chi connectivity index (χ2n) is 17.1. The molecule has 0 saturated carbocycles. The predicted octanol–water partition coefficient (Wildman–Crippen LogP) is 8.56. The fourth-order valence-electron chi connectivity index (χ4n) is 8.49. The van der Waals surface area contributed by atoms with E-state index in [2.05, 4.69) is 41.6 Å². The number of pyridine rings is 1. The number of aryl methyl sites for hydroxylation is 3. The van der Waals surface area contributed by atoms with Gasteiger partial charge in [-0.2, -0.15) is 5.06 Å². The number of nitrogens with two attached hydrogens (primary N) is 1. The Balaban J connectivity index is 1.02. The first-order valence-corrected chi connectivity index (χ1v) is 22.8. The smallest absolute Gasteiger partial charge is 0.303 e. The quantitative estimate of drug-likeness (QED) is 0.0319. The summed E-state index contributed by atoms with van der Waals surface area (Å²) in [6.07, 6.45) is 7.81. The Morgan fingerprint density at radius 2 is 1.67 bits per heavy atom. The van der Waals surface area contributed by atoms with Crippen molar-refractivity contribution in [2.75, 3.05) is 18.4 Å². The lowest BCUT2D eigenvalue weighted by Crippen LogP contribution is -2.49. The number of carboxylic acids is 1. The van der Waals surface area contributed by atoms with Crippen molar-refractivity contribution in [2.45, 2.75) is 92.2 Å². The highest BCUT2D eigenvalue weighted by Crippen LogP contribution is 2.35. The van der Waals surface area contributed by atoms with Crippen molar-refractivity contribution < 1.29 is 24.3 Å². The fourth-order valence-corrected chi connectivity index (χ4v) is 8.49. The number of aliphatic carboxylic acids is 1. The first kappa shape index (κ1) is 46.0. The maximum absolute atomic E-state index is 14.1. The molecule has 8 N–H and O–H groups in total. The van der Waals surface area contributed by atoms with Gasteiger partial charge in [-0.3, -0.25) is 14.4 Å². The topological polar surface area (TPSA) is 233 Å². The SMILES string of the molecule is CCN(Oc1ccc(CNc2cnc3[nH]cnc3c2)cc1)C(=O)[C@H](CCCCN)NC(=O)CCC1=C(C)c2cc3[nH]c(cc4nc(cc5[nH]c(cc1n2)c(CCC(=O)O)c5C)C=C4C)cc3C. The number of carbonyl (C=O) groups excluding carboxylic acids is 2. The van der Waals surface area contributed by atoms with Gasteiger partial charge in [0, 0.05) is 41.5 Å². The Labute approximate surface area is 388 Å². The van der Waals surface area contributed by atoms with Gasteiger partial charge in [-0.15, -0.1) is 0 Å². The molecule has 1 atom stereocenters. The summed E-state index contributed by atoms with van der Waals surface area (Å²) in [4.78, 5) is 74.8. The van der Waals surface area contributed by atoms with Crippen LogP contribution < -0.4 is 21.2 Å². The van der Waals surface area contributed by atoms with Crippen molar-refractivity contribution in [3.8, 4) is 5.75 Å². The Kier molecular flexibility index (Phi) is 13.9. The number of imidazole rings is 1. The van der Waals surface area contributed by atoms with Crippen LogP contribution in [0.4, 0.5) is 5.69 Å². The number of aromatic amines is 3. The minimum absolute atomic E-state index is 0.0425. The molecule has 67 heavy (non-hydrogen) atoms. The fraction of sp³-hybridized carbons (Fsp3) is 0.314. The van der Waals surface area contributed by atoms with E-state index in [9.17, 15) is 19.5 Å². The number of likely N-dealkylation sites (N-methyl/N-ethyl adjacent to an activating group) is 1. The number of benzene rings is 1. The van der Waals surface area contributed by atoms with Crippen LogP contribution in [0.2, 0.25) is 0 Å². The molecule has 16 nitrogen and oxygen atoms in total. The van der Waals surface area contributed by atoms with E-state index >= 15 is 0 Å². The predicted molar refractivity (Wildman–Crippen MR) is 262 cm³/mol. The number of allylic oxidation sites excluding steroid dienone is 3. The third kappa shape index (κ3) is 10.8. The van der Waals surface area contributed by atoms with Crippen molar-refractivity contribution in [1.82, 2.24) is 45.3 Å². The number of fused-ring (bicyclic) bond motifs is 9. The number of nitrogens with one attached hydrogen (secondary N) is 5. The number of carbonyl (C=O) groups is 3. The zero-order chi connectivity index (χ0) is 47.2. The summed E-state index contributed by atoms with van der Waals surface area (Å²) in [6, 6.07) is 18.6. The van der Waals surface area contributed by atoms with Gasteiger partial charge in [0.2, 0.25) is 5.91 Å². The van der Waals surface area contributed by atoms with E-state index < -0.39 is 12.0 Å². The van der Waals surface area contributed by atoms with Crippen LogP contribution >= 0.6 is 0 Å². The summed E-state index contributed by atoms with van der Waals surface area (Å²) in [6.45, 7) is 11.1. The van der Waals surface area contributed by atoms with Crippen LogP contribution in [-0.4, -0.2) is 82.0 Å².